The largest absolute Gasteiger partial charge is 0.460 e. The third-order valence-electron chi connectivity index (χ3n) is 3.38. The summed E-state index contributed by atoms with van der Waals surface area (Å²) in [5, 5.41) is 15.3. The van der Waals surface area contributed by atoms with E-state index < -0.39 is 30.4 Å². The van der Waals surface area contributed by atoms with Crippen LogP contribution in [-0.2, 0) is 14.3 Å². The van der Waals surface area contributed by atoms with Crippen molar-refractivity contribution in [2.75, 3.05) is 13.2 Å². The summed E-state index contributed by atoms with van der Waals surface area (Å²) < 4.78 is 17.9. The Hall–Kier alpha value is -1.21. The molecule has 7 heteroatoms. The lowest BCUT2D eigenvalue weighted by Gasteiger charge is -2.28. The van der Waals surface area contributed by atoms with Gasteiger partial charge in [0, 0.05) is 0 Å². The molecule has 1 rings (SSSR count). The van der Waals surface area contributed by atoms with E-state index in [9.17, 15) is 19.1 Å². The molecule has 0 aromatic rings. The number of ether oxygens (including phenoxy) is 1. The molecule has 0 saturated carbocycles. The Bertz CT molecular complexity index is 378. The monoisotopic (exact) mass is 318 g/mol. The van der Waals surface area contributed by atoms with Gasteiger partial charge in [0.1, 0.15) is 18.4 Å². The van der Waals surface area contributed by atoms with Crippen molar-refractivity contribution in [3.8, 4) is 0 Å². The zero-order valence-electron chi connectivity index (χ0n) is 13.5. The second-order valence-corrected chi connectivity index (χ2v) is 6.63. The minimum Gasteiger partial charge on any atom is -0.460 e. The Morgan fingerprint density at radius 1 is 1.41 bits per heavy atom. The molecule has 22 heavy (non-hydrogen) atoms. The van der Waals surface area contributed by atoms with Gasteiger partial charge in [0.2, 0.25) is 5.91 Å². The van der Waals surface area contributed by atoms with E-state index in [-0.39, 0.29) is 18.4 Å². The van der Waals surface area contributed by atoms with Gasteiger partial charge in [-0.2, -0.15) is 0 Å². The van der Waals surface area contributed by atoms with Crippen LogP contribution in [0.15, 0.2) is 0 Å². The Balaban J connectivity index is 2.60. The number of amides is 1. The van der Waals surface area contributed by atoms with E-state index in [1.54, 1.807) is 20.8 Å². The van der Waals surface area contributed by atoms with Gasteiger partial charge < -0.3 is 20.5 Å². The molecule has 0 bridgehead atoms. The van der Waals surface area contributed by atoms with E-state index in [1.807, 2.05) is 0 Å². The molecule has 3 atom stereocenters. The van der Waals surface area contributed by atoms with Gasteiger partial charge in [-0.05, 0) is 40.2 Å². The molecule has 0 spiro atoms. The molecular weight excluding hydrogens is 291 g/mol. The number of nitrogens with one attached hydrogen (secondary N) is 2. The second-order valence-electron chi connectivity index (χ2n) is 6.63. The van der Waals surface area contributed by atoms with Gasteiger partial charge in [-0.15, -0.1) is 0 Å². The lowest BCUT2D eigenvalue weighted by atomic mass is 10.0. The van der Waals surface area contributed by atoms with Crippen LogP contribution in [0.4, 0.5) is 4.39 Å². The molecule has 0 aliphatic carbocycles. The molecule has 128 valence electrons. The summed E-state index contributed by atoms with van der Waals surface area (Å²) in [6.45, 7) is 4.87. The number of piperidine rings is 1. The number of alkyl halides is 1. The molecular formula is C15H27FN2O4. The van der Waals surface area contributed by atoms with E-state index in [2.05, 4.69) is 10.6 Å². The van der Waals surface area contributed by atoms with Crippen LogP contribution < -0.4 is 10.6 Å². The van der Waals surface area contributed by atoms with Crippen LogP contribution in [0.25, 0.3) is 0 Å². The number of aliphatic hydroxyl groups is 1. The second kappa shape index (κ2) is 8.43. The molecule has 1 fully saturated rings. The first-order valence-electron chi connectivity index (χ1n) is 7.72. The standard InChI is InChI=1S/C15H27FN2O4/c1-15(2,3)22-13(20)8-11(12(19)9-16)18-14(21)10-6-4-5-7-17-10/h10-12,17,19H,4-9H2,1-3H3,(H,18,21)/t10-,11?,12?/m0/s1. The van der Waals surface area contributed by atoms with Gasteiger partial charge >= 0.3 is 5.97 Å². The number of rotatable bonds is 6. The first kappa shape index (κ1) is 18.8. The quantitative estimate of drug-likeness (QED) is 0.627. The number of aliphatic hydroxyl groups excluding tert-OH is 1. The summed E-state index contributed by atoms with van der Waals surface area (Å²) in [5.41, 5.74) is -0.669. The summed E-state index contributed by atoms with van der Waals surface area (Å²) in [7, 11) is 0. The fraction of sp³-hybridized carbons (Fsp3) is 0.867. The summed E-state index contributed by atoms with van der Waals surface area (Å²) in [4.78, 5) is 24.0. The van der Waals surface area contributed by atoms with Crippen molar-refractivity contribution in [3.63, 3.8) is 0 Å². The number of hydrogen-bond donors (Lipinski definition) is 3. The number of carbonyl (C=O) groups is 2. The molecule has 1 aliphatic heterocycles. The van der Waals surface area contributed by atoms with Crippen molar-refractivity contribution in [2.45, 2.75) is 70.2 Å². The third-order valence-corrected chi connectivity index (χ3v) is 3.38. The van der Waals surface area contributed by atoms with Gasteiger partial charge in [0.15, 0.2) is 0 Å². The summed E-state index contributed by atoms with van der Waals surface area (Å²) >= 11 is 0. The number of esters is 1. The van der Waals surface area contributed by atoms with Crippen molar-refractivity contribution in [3.05, 3.63) is 0 Å². The zero-order valence-corrected chi connectivity index (χ0v) is 13.5. The maximum absolute atomic E-state index is 12.7. The number of hydrogen-bond acceptors (Lipinski definition) is 5. The van der Waals surface area contributed by atoms with Gasteiger partial charge in [-0.1, -0.05) is 6.42 Å². The first-order valence-corrected chi connectivity index (χ1v) is 7.72. The van der Waals surface area contributed by atoms with Crippen molar-refractivity contribution in [1.82, 2.24) is 10.6 Å². The number of carbonyl (C=O) groups excluding carboxylic acids is 2. The highest BCUT2D eigenvalue weighted by atomic mass is 19.1. The van der Waals surface area contributed by atoms with Gasteiger partial charge in [0.25, 0.3) is 0 Å². The molecule has 0 aromatic heterocycles. The SMILES string of the molecule is CC(C)(C)OC(=O)CC(NC(=O)[C@@H]1CCCCN1)C(O)CF. The maximum atomic E-state index is 12.7. The maximum Gasteiger partial charge on any atom is 0.308 e. The predicted octanol–water partition coefficient (Wildman–Crippen LogP) is 0.675. The lowest BCUT2D eigenvalue weighted by Crippen LogP contribution is -2.53. The van der Waals surface area contributed by atoms with Crippen molar-refractivity contribution >= 4 is 11.9 Å². The highest BCUT2D eigenvalue weighted by Crippen LogP contribution is 2.12. The Morgan fingerprint density at radius 2 is 2.09 bits per heavy atom. The summed E-state index contributed by atoms with van der Waals surface area (Å²) in [5.74, 6) is -0.900. The molecule has 1 saturated heterocycles. The van der Waals surface area contributed by atoms with E-state index in [4.69, 9.17) is 4.74 Å². The average Bonchev–Trinajstić information content (AvgIpc) is 2.44. The Morgan fingerprint density at radius 3 is 2.59 bits per heavy atom. The zero-order chi connectivity index (χ0) is 16.8. The van der Waals surface area contributed by atoms with Crippen LogP contribution in [0.2, 0.25) is 0 Å². The van der Waals surface area contributed by atoms with Crippen LogP contribution in [0, 0.1) is 0 Å². The summed E-state index contributed by atoms with van der Waals surface area (Å²) in [6, 6.07) is -1.35. The molecule has 0 aromatic carbocycles. The van der Waals surface area contributed by atoms with Crippen LogP contribution >= 0.6 is 0 Å². The fourth-order valence-electron chi connectivity index (χ4n) is 2.31. The van der Waals surface area contributed by atoms with Crippen LogP contribution in [0.3, 0.4) is 0 Å². The topological polar surface area (TPSA) is 87.7 Å². The predicted molar refractivity (Wildman–Crippen MR) is 80.0 cm³/mol. The normalized spacial score (nSPS) is 21.8. The molecule has 0 radical (unpaired) electrons. The van der Waals surface area contributed by atoms with E-state index >= 15 is 0 Å². The van der Waals surface area contributed by atoms with E-state index in [0.29, 0.717) is 6.42 Å². The molecule has 1 amide bonds. The average molecular weight is 318 g/mol. The van der Waals surface area contributed by atoms with E-state index in [0.717, 1.165) is 19.4 Å². The molecule has 1 aliphatic rings. The van der Waals surface area contributed by atoms with Crippen LogP contribution in [-0.4, -0.2) is 54.0 Å². The van der Waals surface area contributed by atoms with Crippen molar-refractivity contribution in [1.29, 1.82) is 0 Å². The van der Waals surface area contributed by atoms with Crippen molar-refractivity contribution < 1.29 is 23.8 Å². The molecule has 2 unspecified atom stereocenters. The third kappa shape index (κ3) is 6.70. The smallest absolute Gasteiger partial charge is 0.308 e. The first-order chi connectivity index (χ1) is 10.2. The van der Waals surface area contributed by atoms with Gasteiger partial charge in [-0.3, -0.25) is 9.59 Å². The molecule has 1 heterocycles. The van der Waals surface area contributed by atoms with Crippen molar-refractivity contribution in [2.24, 2.45) is 0 Å². The Labute approximate surface area is 130 Å². The highest BCUT2D eigenvalue weighted by molar-refractivity contribution is 5.83. The van der Waals surface area contributed by atoms with Gasteiger partial charge in [0.05, 0.1) is 18.5 Å². The van der Waals surface area contributed by atoms with Crippen LogP contribution in [0.1, 0.15) is 46.5 Å². The highest BCUT2D eigenvalue weighted by Gasteiger charge is 2.29. The minimum absolute atomic E-state index is 0.263. The minimum atomic E-state index is -1.43. The Kier molecular flexibility index (Phi) is 7.22. The molecule has 3 N–H and O–H groups in total. The number of halogens is 1. The van der Waals surface area contributed by atoms with E-state index in [1.165, 1.54) is 0 Å². The van der Waals surface area contributed by atoms with Crippen LogP contribution in [0.5, 0.6) is 0 Å². The fourth-order valence-corrected chi connectivity index (χ4v) is 2.31. The lowest BCUT2D eigenvalue weighted by molar-refractivity contribution is -0.156. The molecule has 6 nitrogen and oxygen atoms in total. The van der Waals surface area contributed by atoms with Gasteiger partial charge in [-0.25, -0.2) is 4.39 Å². The summed E-state index contributed by atoms with van der Waals surface area (Å²) in [6.07, 6.45) is 0.948.